The lowest BCUT2D eigenvalue weighted by atomic mass is 10.1. The Morgan fingerprint density at radius 2 is 1.80 bits per heavy atom. The predicted molar refractivity (Wildman–Crippen MR) is 86.5 cm³/mol. The van der Waals surface area contributed by atoms with E-state index in [0.29, 0.717) is 5.76 Å². The minimum Gasteiger partial charge on any atom is -0.468 e. The molecule has 0 saturated heterocycles. The van der Waals surface area contributed by atoms with E-state index >= 15 is 0 Å². The molecule has 0 bridgehead atoms. The highest BCUT2D eigenvalue weighted by atomic mass is 32.2. The Morgan fingerprint density at radius 3 is 2.36 bits per heavy atom. The maximum absolute atomic E-state index is 12.9. The number of furan rings is 1. The normalized spacial score (nSPS) is 11.4. The van der Waals surface area contributed by atoms with E-state index in [-0.39, 0.29) is 22.6 Å². The molecular formula is C16H17NO7S. The first-order valence-electron chi connectivity index (χ1n) is 7.10. The Kier molecular flexibility index (Phi) is 5.60. The van der Waals surface area contributed by atoms with Crippen molar-refractivity contribution < 1.29 is 31.9 Å². The summed E-state index contributed by atoms with van der Waals surface area (Å²) in [6.07, 6.45) is 1.42. The van der Waals surface area contributed by atoms with Crippen LogP contribution in [0.15, 0.2) is 45.9 Å². The fraction of sp³-hybridized carbons (Fsp3) is 0.250. The first-order valence-corrected chi connectivity index (χ1v) is 8.54. The summed E-state index contributed by atoms with van der Waals surface area (Å²) in [5.41, 5.74) is -0.179. The number of hydrogen-bond donors (Lipinski definition) is 0. The molecule has 1 heterocycles. The number of ether oxygens (including phenoxy) is 2. The van der Waals surface area contributed by atoms with Gasteiger partial charge in [-0.25, -0.2) is 18.0 Å². The zero-order valence-electron chi connectivity index (χ0n) is 13.9. The highest BCUT2D eigenvalue weighted by molar-refractivity contribution is 7.89. The molecule has 0 amide bonds. The SMILES string of the molecule is COC(=O)c1ccc(C(=O)OC)c(S(=O)(=O)N(C)Cc2ccco2)c1. The summed E-state index contributed by atoms with van der Waals surface area (Å²) in [5.74, 6) is -1.13. The minimum absolute atomic E-state index is 0.000117. The number of esters is 2. The van der Waals surface area contributed by atoms with Crippen LogP contribution in [0.3, 0.4) is 0 Å². The average Bonchev–Trinajstić information content (AvgIpc) is 3.12. The number of nitrogens with zero attached hydrogens (tertiary/aromatic N) is 1. The second-order valence-corrected chi connectivity index (χ2v) is 7.05. The highest BCUT2D eigenvalue weighted by Gasteiger charge is 2.29. The number of carbonyl (C=O) groups is 2. The van der Waals surface area contributed by atoms with E-state index in [9.17, 15) is 18.0 Å². The molecule has 8 nitrogen and oxygen atoms in total. The van der Waals surface area contributed by atoms with E-state index < -0.39 is 22.0 Å². The van der Waals surface area contributed by atoms with Crippen LogP contribution < -0.4 is 0 Å². The lowest BCUT2D eigenvalue weighted by Gasteiger charge is -2.18. The third-order valence-electron chi connectivity index (χ3n) is 3.45. The van der Waals surface area contributed by atoms with Gasteiger partial charge in [0.15, 0.2) is 0 Å². The van der Waals surface area contributed by atoms with E-state index in [2.05, 4.69) is 9.47 Å². The maximum atomic E-state index is 12.9. The third kappa shape index (κ3) is 3.89. The van der Waals surface area contributed by atoms with Crippen molar-refractivity contribution in [2.75, 3.05) is 21.3 Å². The molecule has 0 aliphatic carbocycles. The Morgan fingerprint density at radius 1 is 1.12 bits per heavy atom. The van der Waals surface area contributed by atoms with Crippen LogP contribution in [0.2, 0.25) is 0 Å². The van der Waals surface area contributed by atoms with Crippen LogP contribution in [0.5, 0.6) is 0 Å². The average molecular weight is 367 g/mol. The van der Waals surface area contributed by atoms with E-state index in [1.807, 2.05) is 0 Å². The molecule has 0 aliphatic rings. The quantitative estimate of drug-likeness (QED) is 0.716. The van der Waals surface area contributed by atoms with Gasteiger partial charge in [-0.1, -0.05) is 0 Å². The van der Waals surface area contributed by atoms with Crippen LogP contribution in [-0.4, -0.2) is 45.9 Å². The third-order valence-corrected chi connectivity index (χ3v) is 5.30. The second kappa shape index (κ2) is 7.49. The van der Waals surface area contributed by atoms with Crippen LogP contribution in [0.25, 0.3) is 0 Å². The van der Waals surface area contributed by atoms with Gasteiger partial charge in [-0.15, -0.1) is 0 Å². The molecule has 1 aromatic carbocycles. The Hall–Kier alpha value is -2.65. The zero-order chi connectivity index (χ0) is 18.6. The van der Waals surface area contributed by atoms with Gasteiger partial charge in [0.05, 0.1) is 43.0 Å². The molecule has 2 aromatic rings. The van der Waals surface area contributed by atoms with E-state index in [1.165, 1.54) is 32.6 Å². The van der Waals surface area contributed by atoms with Gasteiger partial charge < -0.3 is 13.9 Å². The number of rotatable bonds is 6. The van der Waals surface area contributed by atoms with Crippen molar-refractivity contribution in [2.45, 2.75) is 11.4 Å². The summed E-state index contributed by atoms with van der Waals surface area (Å²) in [5, 5.41) is 0. The van der Waals surface area contributed by atoms with Gasteiger partial charge in [0, 0.05) is 7.05 Å². The lowest BCUT2D eigenvalue weighted by Crippen LogP contribution is -2.28. The molecule has 0 fully saturated rings. The monoisotopic (exact) mass is 367 g/mol. The molecule has 0 saturated carbocycles. The van der Waals surface area contributed by atoms with Crippen LogP contribution >= 0.6 is 0 Å². The number of sulfonamides is 1. The van der Waals surface area contributed by atoms with Gasteiger partial charge in [-0.05, 0) is 30.3 Å². The van der Waals surface area contributed by atoms with Crippen LogP contribution in [-0.2, 0) is 26.0 Å². The molecule has 0 aliphatic heterocycles. The number of carbonyl (C=O) groups excluding carboxylic acids is 2. The molecule has 0 atom stereocenters. The predicted octanol–water partition coefficient (Wildman–Crippen LogP) is 1.67. The lowest BCUT2D eigenvalue weighted by molar-refractivity contribution is 0.0583. The molecule has 2 rings (SSSR count). The molecular weight excluding hydrogens is 350 g/mol. The Bertz CT molecular complexity index is 872. The van der Waals surface area contributed by atoms with Crippen molar-refractivity contribution in [1.82, 2.24) is 4.31 Å². The number of benzene rings is 1. The summed E-state index contributed by atoms with van der Waals surface area (Å²) < 4.78 is 41.1. The molecule has 0 unspecified atom stereocenters. The van der Waals surface area contributed by atoms with E-state index in [4.69, 9.17) is 4.42 Å². The maximum Gasteiger partial charge on any atom is 0.339 e. The van der Waals surface area contributed by atoms with Gasteiger partial charge in [-0.2, -0.15) is 4.31 Å². The van der Waals surface area contributed by atoms with Gasteiger partial charge >= 0.3 is 11.9 Å². The van der Waals surface area contributed by atoms with Gasteiger partial charge in [0.1, 0.15) is 5.76 Å². The fourth-order valence-corrected chi connectivity index (χ4v) is 3.47. The molecule has 0 spiro atoms. The summed E-state index contributed by atoms with van der Waals surface area (Å²) >= 11 is 0. The van der Waals surface area contributed by atoms with Crippen LogP contribution in [0.4, 0.5) is 0 Å². The molecule has 9 heteroatoms. The Labute approximate surface area is 145 Å². The second-order valence-electron chi connectivity index (χ2n) is 5.03. The topological polar surface area (TPSA) is 103 Å². The molecule has 1 aromatic heterocycles. The largest absolute Gasteiger partial charge is 0.468 e. The summed E-state index contributed by atoms with van der Waals surface area (Å²) in [7, 11) is -0.451. The highest BCUT2D eigenvalue weighted by Crippen LogP contribution is 2.24. The van der Waals surface area contributed by atoms with Gasteiger partial charge in [0.2, 0.25) is 10.0 Å². The standard InChI is InChI=1S/C16H17NO7S/c1-17(10-12-5-4-8-24-12)25(20,21)14-9-11(15(18)22-2)6-7-13(14)16(19)23-3/h4-9H,10H2,1-3H3. The molecule has 134 valence electrons. The van der Waals surface area contributed by atoms with Crippen molar-refractivity contribution in [3.05, 3.63) is 53.5 Å². The van der Waals surface area contributed by atoms with Crippen molar-refractivity contribution >= 4 is 22.0 Å². The Balaban J connectivity index is 2.52. The smallest absolute Gasteiger partial charge is 0.339 e. The number of methoxy groups -OCH3 is 2. The molecule has 0 radical (unpaired) electrons. The number of hydrogen-bond acceptors (Lipinski definition) is 7. The minimum atomic E-state index is -4.10. The van der Waals surface area contributed by atoms with Crippen LogP contribution in [0.1, 0.15) is 26.5 Å². The summed E-state index contributed by atoms with van der Waals surface area (Å²) in [6.45, 7) is -0.0433. The summed E-state index contributed by atoms with van der Waals surface area (Å²) in [4.78, 5) is 23.3. The van der Waals surface area contributed by atoms with Crippen molar-refractivity contribution in [3.63, 3.8) is 0 Å². The summed E-state index contributed by atoms with van der Waals surface area (Å²) in [6, 6.07) is 6.85. The van der Waals surface area contributed by atoms with E-state index in [0.717, 1.165) is 17.5 Å². The van der Waals surface area contributed by atoms with Crippen LogP contribution in [0, 0.1) is 0 Å². The van der Waals surface area contributed by atoms with Crippen molar-refractivity contribution in [2.24, 2.45) is 0 Å². The molecule has 25 heavy (non-hydrogen) atoms. The zero-order valence-corrected chi connectivity index (χ0v) is 14.7. The van der Waals surface area contributed by atoms with Crippen molar-refractivity contribution in [3.8, 4) is 0 Å². The van der Waals surface area contributed by atoms with Gasteiger partial charge in [0.25, 0.3) is 0 Å². The first kappa shape index (κ1) is 18.7. The first-order chi connectivity index (χ1) is 11.8. The molecule has 0 N–H and O–H groups in total. The fourth-order valence-electron chi connectivity index (χ4n) is 2.13. The van der Waals surface area contributed by atoms with Crippen molar-refractivity contribution in [1.29, 1.82) is 0 Å². The van der Waals surface area contributed by atoms with E-state index in [1.54, 1.807) is 12.1 Å². The van der Waals surface area contributed by atoms with Gasteiger partial charge in [-0.3, -0.25) is 0 Å².